The zero-order valence-electron chi connectivity index (χ0n) is 9.69. The highest BCUT2D eigenvalue weighted by atomic mass is 32.2. The van der Waals surface area contributed by atoms with Crippen molar-refractivity contribution in [3.63, 3.8) is 0 Å². The van der Waals surface area contributed by atoms with Gasteiger partial charge in [0.25, 0.3) is 0 Å². The molecular formula is C13H19NOS. The van der Waals surface area contributed by atoms with Crippen LogP contribution in [-0.4, -0.2) is 22.8 Å². The first-order chi connectivity index (χ1) is 7.77. The molecule has 1 aliphatic carbocycles. The molecule has 1 N–H and O–H groups in total. The smallest absolute Gasteiger partial charge is 0.0357 e. The van der Waals surface area contributed by atoms with Gasteiger partial charge in [-0.25, -0.2) is 0 Å². The second-order valence-electron chi connectivity index (χ2n) is 4.46. The lowest BCUT2D eigenvalue weighted by atomic mass is 10.0. The minimum absolute atomic E-state index is 0.463. The summed E-state index contributed by atoms with van der Waals surface area (Å²) in [6.07, 6.45) is 4.40. The standard InChI is InChI=1S/C13H19NOS/c1-16(15)10-9-14-13(12-7-8-12)11-5-3-2-4-6-11/h2-6,12-14H,7-10H2,1H3. The van der Waals surface area contributed by atoms with Crippen LogP contribution < -0.4 is 5.32 Å². The van der Waals surface area contributed by atoms with E-state index in [9.17, 15) is 4.21 Å². The highest BCUT2D eigenvalue weighted by Gasteiger charge is 2.31. The van der Waals surface area contributed by atoms with Crippen LogP contribution in [0.15, 0.2) is 30.3 Å². The molecule has 2 atom stereocenters. The lowest BCUT2D eigenvalue weighted by molar-refractivity contribution is 0.497. The second-order valence-corrected chi connectivity index (χ2v) is 6.01. The van der Waals surface area contributed by atoms with E-state index < -0.39 is 10.8 Å². The molecule has 88 valence electrons. The largest absolute Gasteiger partial charge is 0.309 e. The van der Waals surface area contributed by atoms with Crippen LogP contribution in [0.4, 0.5) is 0 Å². The van der Waals surface area contributed by atoms with Gasteiger partial charge < -0.3 is 5.32 Å². The number of hydrogen-bond donors (Lipinski definition) is 1. The third-order valence-electron chi connectivity index (χ3n) is 3.01. The number of benzene rings is 1. The van der Waals surface area contributed by atoms with Crippen LogP contribution in [0.25, 0.3) is 0 Å². The van der Waals surface area contributed by atoms with Crippen LogP contribution in [0.3, 0.4) is 0 Å². The molecule has 16 heavy (non-hydrogen) atoms. The van der Waals surface area contributed by atoms with Crippen molar-refractivity contribution < 1.29 is 4.21 Å². The van der Waals surface area contributed by atoms with Crippen molar-refractivity contribution in [3.05, 3.63) is 35.9 Å². The van der Waals surface area contributed by atoms with Crippen LogP contribution >= 0.6 is 0 Å². The van der Waals surface area contributed by atoms with Gasteiger partial charge in [0, 0.05) is 35.4 Å². The maximum absolute atomic E-state index is 11.0. The van der Waals surface area contributed by atoms with Gasteiger partial charge in [0.1, 0.15) is 0 Å². The van der Waals surface area contributed by atoms with Gasteiger partial charge in [0.05, 0.1) is 0 Å². The van der Waals surface area contributed by atoms with Gasteiger partial charge in [0.2, 0.25) is 0 Å². The van der Waals surface area contributed by atoms with Crippen molar-refractivity contribution in [2.24, 2.45) is 5.92 Å². The van der Waals surface area contributed by atoms with Gasteiger partial charge in [0.15, 0.2) is 0 Å². The van der Waals surface area contributed by atoms with E-state index in [1.165, 1.54) is 18.4 Å². The Kier molecular flexibility index (Phi) is 4.13. The lowest BCUT2D eigenvalue weighted by Crippen LogP contribution is -2.27. The summed E-state index contributed by atoms with van der Waals surface area (Å²) in [5.41, 5.74) is 1.37. The maximum atomic E-state index is 11.0. The van der Waals surface area contributed by atoms with Crippen LogP contribution in [0.2, 0.25) is 0 Å². The predicted molar refractivity (Wildman–Crippen MR) is 68.8 cm³/mol. The Labute approximate surface area is 99.9 Å². The minimum Gasteiger partial charge on any atom is -0.309 e. The average Bonchev–Trinajstić information content (AvgIpc) is 3.09. The molecule has 1 fully saturated rings. The summed E-state index contributed by atoms with van der Waals surface area (Å²) in [7, 11) is -0.694. The van der Waals surface area contributed by atoms with E-state index in [-0.39, 0.29) is 0 Å². The molecule has 2 unspecified atom stereocenters. The van der Waals surface area contributed by atoms with Crippen molar-refractivity contribution in [1.82, 2.24) is 5.32 Å². The van der Waals surface area contributed by atoms with Gasteiger partial charge in [-0.15, -0.1) is 0 Å². The number of nitrogens with one attached hydrogen (secondary N) is 1. The van der Waals surface area contributed by atoms with Crippen molar-refractivity contribution in [3.8, 4) is 0 Å². The van der Waals surface area contributed by atoms with E-state index in [1.807, 2.05) is 0 Å². The summed E-state index contributed by atoms with van der Waals surface area (Å²) >= 11 is 0. The Morgan fingerprint density at radius 1 is 1.38 bits per heavy atom. The molecule has 1 aromatic rings. The van der Waals surface area contributed by atoms with Crippen molar-refractivity contribution >= 4 is 10.8 Å². The lowest BCUT2D eigenvalue weighted by Gasteiger charge is -2.18. The molecule has 2 nitrogen and oxygen atoms in total. The molecule has 1 aromatic carbocycles. The Morgan fingerprint density at radius 2 is 2.06 bits per heavy atom. The molecule has 0 bridgehead atoms. The molecule has 0 radical (unpaired) electrons. The zero-order valence-corrected chi connectivity index (χ0v) is 10.5. The SMILES string of the molecule is CS(=O)CCNC(c1ccccc1)C1CC1. The van der Waals surface area contributed by atoms with Crippen LogP contribution in [0.5, 0.6) is 0 Å². The molecule has 0 amide bonds. The Morgan fingerprint density at radius 3 is 2.62 bits per heavy atom. The molecule has 2 rings (SSSR count). The van der Waals surface area contributed by atoms with Gasteiger partial charge in [-0.3, -0.25) is 4.21 Å². The first-order valence-electron chi connectivity index (χ1n) is 5.86. The zero-order chi connectivity index (χ0) is 11.4. The Hall–Kier alpha value is -0.670. The average molecular weight is 237 g/mol. The summed E-state index contributed by atoms with van der Waals surface area (Å²) in [5, 5.41) is 3.54. The van der Waals surface area contributed by atoms with E-state index in [4.69, 9.17) is 0 Å². The van der Waals surface area contributed by atoms with E-state index in [1.54, 1.807) is 6.26 Å². The first kappa shape index (κ1) is 11.8. The summed E-state index contributed by atoms with van der Waals surface area (Å²) in [5.74, 6) is 1.53. The fourth-order valence-electron chi connectivity index (χ4n) is 2.00. The normalized spacial score (nSPS) is 19.3. The predicted octanol–water partition coefficient (Wildman–Crippen LogP) is 2.11. The van der Waals surface area contributed by atoms with Gasteiger partial charge in [-0.1, -0.05) is 30.3 Å². The van der Waals surface area contributed by atoms with Crippen molar-refractivity contribution in [2.75, 3.05) is 18.6 Å². The van der Waals surface area contributed by atoms with Crippen molar-refractivity contribution in [1.29, 1.82) is 0 Å². The monoisotopic (exact) mass is 237 g/mol. The van der Waals surface area contributed by atoms with Crippen LogP contribution in [0.1, 0.15) is 24.4 Å². The summed E-state index contributed by atoms with van der Waals surface area (Å²) in [6.45, 7) is 0.846. The van der Waals surface area contributed by atoms with E-state index >= 15 is 0 Å². The Balaban J connectivity index is 1.93. The van der Waals surface area contributed by atoms with Gasteiger partial charge >= 0.3 is 0 Å². The number of hydrogen-bond acceptors (Lipinski definition) is 2. The molecule has 3 heteroatoms. The second kappa shape index (κ2) is 5.60. The fraction of sp³-hybridized carbons (Fsp3) is 0.538. The molecule has 0 heterocycles. The summed E-state index contributed by atoms with van der Waals surface area (Å²) in [6, 6.07) is 11.0. The van der Waals surface area contributed by atoms with Crippen LogP contribution in [0, 0.1) is 5.92 Å². The highest BCUT2D eigenvalue weighted by Crippen LogP contribution is 2.40. The fourth-order valence-corrected chi connectivity index (χ4v) is 2.41. The first-order valence-corrected chi connectivity index (χ1v) is 7.58. The molecule has 1 aliphatic rings. The molecule has 0 saturated heterocycles. The minimum atomic E-state index is -0.694. The Bertz CT molecular complexity index is 348. The molecule has 0 aliphatic heterocycles. The highest BCUT2D eigenvalue weighted by molar-refractivity contribution is 7.84. The van der Waals surface area contributed by atoms with E-state index in [0.717, 1.165) is 18.2 Å². The van der Waals surface area contributed by atoms with E-state index in [2.05, 4.69) is 35.6 Å². The van der Waals surface area contributed by atoms with E-state index in [0.29, 0.717) is 6.04 Å². The summed E-state index contributed by atoms with van der Waals surface area (Å²) < 4.78 is 11.0. The van der Waals surface area contributed by atoms with Crippen LogP contribution in [-0.2, 0) is 10.8 Å². The molecule has 0 spiro atoms. The molecule has 0 aromatic heterocycles. The third-order valence-corrected chi connectivity index (χ3v) is 3.78. The quantitative estimate of drug-likeness (QED) is 0.821. The van der Waals surface area contributed by atoms with Gasteiger partial charge in [-0.2, -0.15) is 0 Å². The molecular weight excluding hydrogens is 218 g/mol. The maximum Gasteiger partial charge on any atom is 0.0357 e. The third kappa shape index (κ3) is 3.42. The topological polar surface area (TPSA) is 29.1 Å². The van der Waals surface area contributed by atoms with Gasteiger partial charge in [-0.05, 0) is 24.3 Å². The van der Waals surface area contributed by atoms with Crippen molar-refractivity contribution in [2.45, 2.75) is 18.9 Å². The summed E-state index contributed by atoms with van der Waals surface area (Å²) in [4.78, 5) is 0. The number of rotatable bonds is 6. The molecule has 1 saturated carbocycles.